The highest BCUT2D eigenvalue weighted by Gasteiger charge is 2.39. The lowest BCUT2D eigenvalue weighted by Crippen LogP contribution is -2.44. The Kier molecular flexibility index (Phi) is 10.4. The minimum absolute atomic E-state index is 0.113. The monoisotopic (exact) mass is 664 g/mol. The van der Waals surface area contributed by atoms with Crippen molar-refractivity contribution in [3.8, 4) is 5.69 Å². The predicted molar refractivity (Wildman–Crippen MR) is 167 cm³/mol. The third-order valence-electron chi connectivity index (χ3n) is 8.51. The minimum Gasteiger partial charge on any atom is -0.462 e. The molecule has 0 aliphatic heterocycles. The standard InChI is InChI=1S/C33H44F3N5O6/c1-8-21-25-22(14-33(3,4)15-23(25)43)40(39-21)31-28(35)27(34)26(32(37)45)30(29(31)36)38-18-9-11-19(12-10-18)47-24(44)13-20(46-17(2)42)16-41(5,6)7/h18-20H,8-16H2,1-7H3,(H2-,37,38,45)/p+1. The number of anilines is 1. The summed E-state index contributed by atoms with van der Waals surface area (Å²) in [6.07, 6.45) is 0.986. The van der Waals surface area contributed by atoms with Crippen molar-refractivity contribution in [2.45, 2.75) is 97.3 Å². The van der Waals surface area contributed by atoms with Gasteiger partial charge in [-0.2, -0.15) is 5.10 Å². The molecule has 11 nitrogen and oxygen atoms in total. The van der Waals surface area contributed by atoms with E-state index in [0.29, 0.717) is 48.8 Å². The number of nitrogens with zero attached hydrogens (tertiary/aromatic N) is 3. The maximum Gasteiger partial charge on any atom is 0.310 e. The second-order valence-electron chi connectivity index (χ2n) is 14.4. The summed E-state index contributed by atoms with van der Waals surface area (Å²) in [6.45, 7) is 7.14. The summed E-state index contributed by atoms with van der Waals surface area (Å²) >= 11 is 0. The minimum atomic E-state index is -1.64. The molecule has 1 heterocycles. The van der Waals surface area contributed by atoms with Crippen LogP contribution < -0.4 is 11.1 Å². The molecule has 1 saturated carbocycles. The number of hydrogen-bond acceptors (Lipinski definition) is 8. The topological polar surface area (TPSA) is 143 Å². The van der Waals surface area contributed by atoms with Gasteiger partial charge in [-0.3, -0.25) is 19.2 Å². The van der Waals surface area contributed by atoms with E-state index < -0.39 is 75.9 Å². The lowest BCUT2D eigenvalue weighted by Gasteiger charge is -2.31. The molecular weight excluding hydrogens is 619 g/mol. The first-order valence-corrected chi connectivity index (χ1v) is 15.9. The molecule has 1 aromatic heterocycles. The molecule has 2 aliphatic carbocycles. The Hall–Kier alpha value is -3.94. The normalized spacial score (nSPS) is 19.9. The van der Waals surface area contributed by atoms with Crippen LogP contribution in [0.4, 0.5) is 18.9 Å². The third-order valence-corrected chi connectivity index (χ3v) is 8.51. The maximum absolute atomic E-state index is 16.4. The van der Waals surface area contributed by atoms with Crippen molar-refractivity contribution < 1.29 is 46.3 Å². The van der Waals surface area contributed by atoms with E-state index in [-0.39, 0.29) is 36.3 Å². The van der Waals surface area contributed by atoms with E-state index in [0.717, 1.165) is 4.68 Å². The molecule has 14 heteroatoms. The van der Waals surface area contributed by atoms with Gasteiger partial charge in [0.25, 0.3) is 5.91 Å². The molecule has 258 valence electrons. The summed E-state index contributed by atoms with van der Waals surface area (Å²) in [5.41, 5.74) is 3.40. The van der Waals surface area contributed by atoms with Gasteiger partial charge in [0, 0.05) is 19.4 Å². The van der Waals surface area contributed by atoms with Gasteiger partial charge in [-0.15, -0.1) is 0 Å². The quantitative estimate of drug-likeness (QED) is 0.205. The van der Waals surface area contributed by atoms with Crippen molar-refractivity contribution in [3.63, 3.8) is 0 Å². The Balaban J connectivity index is 1.57. The van der Waals surface area contributed by atoms with Gasteiger partial charge >= 0.3 is 11.9 Å². The van der Waals surface area contributed by atoms with Gasteiger partial charge in [-0.25, -0.2) is 17.9 Å². The number of ether oxygens (including phenoxy) is 2. The van der Waals surface area contributed by atoms with Crippen molar-refractivity contribution in [2.24, 2.45) is 11.1 Å². The first-order chi connectivity index (χ1) is 21.8. The number of nitrogens with two attached hydrogens (primary N) is 1. The first kappa shape index (κ1) is 35.9. The van der Waals surface area contributed by atoms with E-state index in [1.54, 1.807) is 6.92 Å². The number of carbonyl (C=O) groups excluding carboxylic acids is 4. The fourth-order valence-electron chi connectivity index (χ4n) is 6.60. The van der Waals surface area contributed by atoms with Crippen LogP contribution in [0.5, 0.6) is 0 Å². The van der Waals surface area contributed by atoms with Crippen molar-refractivity contribution in [3.05, 3.63) is 40.0 Å². The molecule has 1 atom stereocenters. The van der Waals surface area contributed by atoms with E-state index in [1.165, 1.54) is 6.92 Å². The van der Waals surface area contributed by atoms with Crippen LogP contribution in [0.25, 0.3) is 5.69 Å². The molecule has 47 heavy (non-hydrogen) atoms. The van der Waals surface area contributed by atoms with Crippen LogP contribution in [0.1, 0.15) is 98.3 Å². The van der Waals surface area contributed by atoms with Crippen LogP contribution in [0, 0.1) is 22.9 Å². The van der Waals surface area contributed by atoms with Crippen molar-refractivity contribution >= 4 is 29.3 Å². The molecule has 1 unspecified atom stereocenters. The fraction of sp³-hybridized carbons (Fsp3) is 0.606. The second kappa shape index (κ2) is 13.7. The number of esters is 2. The molecule has 0 spiro atoms. The molecule has 4 rings (SSSR count). The lowest BCUT2D eigenvalue weighted by molar-refractivity contribution is -0.873. The Bertz CT molecular complexity index is 1570. The van der Waals surface area contributed by atoms with Gasteiger partial charge in [0.2, 0.25) is 0 Å². The number of likely N-dealkylation sites (N-methyl/N-ethyl adjacent to an activating group) is 1. The summed E-state index contributed by atoms with van der Waals surface area (Å²) in [7, 11) is 5.72. The zero-order valence-electron chi connectivity index (χ0n) is 28.1. The first-order valence-electron chi connectivity index (χ1n) is 15.9. The van der Waals surface area contributed by atoms with Crippen molar-refractivity contribution in [1.82, 2.24) is 9.78 Å². The number of fused-ring (bicyclic) bond motifs is 1. The summed E-state index contributed by atoms with van der Waals surface area (Å²) in [5.74, 6) is -7.12. The zero-order valence-corrected chi connectivity index (χ0v) is 28.1. The molecular formula is C33H45F3N5O6+. The summed E-state index contributed by atoms with van der Waals surface area (Å²) < 4.78 is 60.0. The molecule has 3 N–H and O–H groups in total. The van der Waals surface area contributed by atoms with Crippen LogP contribution >= 0.6 is 0 Å². The number of aromatic nitrogens is 2. The van der Waals surface area contributed by atoms with Crippen LogP contribution in [0.3, 0.4) is 0 Å². The SMILES string of the molecule is CCc1nn(-c2c(F)c(F)c(C(N)=O)c(NC3CCC(OC(=O)CC(C[N+](C)(C)C)OC(C)=O)CC3)c2F)c2c1C(=O)CC(C)(C)C2. The van der Waals surface area contributed by atoms with E-state index in [2.05, 4.69) is 10.4 Å². The number of ketones is 1. The number of halogens is 3. The number of carbonyl (C=O) groups is 4. The van der Waals surface area contributed by atoms with Gasteiger partial charge in [0.1, 0.15) is 23.9 Å². The lowest BCUT2D eigenvalue weighted by atomic mass is 9.75. The molecule has 1 aromatic carbocycles. The Morgan fingerprint density at radius 3 is 2.26 bits per heavy atom. The zero-order chi connectivity index (χ0) is 35.0. The van der Waals surface area contributed by atoms with Crippen LogP contribution in [0.2, 0.25) is 0 Å². The third kappa shape index (κ3) is 8.14. The van der Waals surface area contributed by atoms with Crippen LogP contribution in [0.15, 0.2) is 0 Å². The van der Waals surface area contributed by atoms with Gasteiger partial charge in [-0.1, -0.05) is 20.8 Å². The van der Waals surface area contributed by atoms with Gasteiger partial charge < -0.3 is 25.0 Å². The number of hydrogen-bond donors (Lipinski definition) is 2. The molecule has 0 saturated heterocycles. The largest absolute Gasteiger partial charge is 0.462 e. The molecule has 2 aliphatic rings. The summed E-state index contributed by atoms with van der Waals surface area (Å²) in [6, 6.07) is -0.500. The van der Waals surface area contributed by atoms with E-state index >= 15 is 13.2 Å². The smallest absolute Gasteiger partial charge is 0.310 e. The number of nitrogens with one attached hydrogen (secondary N) is 1. The molecule has 0 bridgehead atoms. The molecule has 0 radical (unpaired) electrons. The second-order valence-corrected chi connectivity index (χ2v) is 14.4. The Morgan fingerprint density at radius 1 is 1.06 bits per heavy atom. The molecule has 2 aromatic rings. The Morgan fingerprint density at radius 2 is 1.70 bits per heavy atom. The number of rotatable bonds is 11. The summed E-state index contributed by atoms with van der Waals surface area (Å²) in [5, 5.41) is 7.21. The molecule has 1 fully saturated rings. The Labute approximate surface area is 272 Å². The van der Waals surface area contributed by atoms with E-state index in [9.17, 15) is 19.2 Å². The average molecular weight is 665 g/mol. The fourth-order valence-corrected chi connectivity index (χ4v) is 6.60. The van der Waals surface area contributed by atoms with E-state index in [1.807, 2.05) is 35.0 Å². The van der Waals surface area contributed by atoms with Crippen molar-refractivity contribution in [1.29, 1.82) is 0 Å². The average Bonchev–Trinajstić information content (AvgIpc) is 3.28. The number of amides is 1. The van der Waals surface area contributed by atoms with Gasteiger partial charge in [0.05, 0.1) is 50.2 Å². The van der Waals surface area contributed by atoms with Gasteiger partial charge in [-0.05, 0) is 43.9 Å². The predicted octanol–water partition coefficient (Wildman–Crippen LogP) is 4.40. The number of Topliss-reactive ketones (excluding diaryl/α,β-unsaturated/α-hetero) is 1. The summed E-state index contributed by atoms with van der Waals surface area (Å²) in [4.78, 5) is 49.6. The number of aryl methyl sites for hydroxylation is 1. The van der Waals surface area contributed by atoms with E-state index in [4.69, 9.17) is 15.2 Å². The van der Waals surface area contributed by atoms with Gasteiger partial charge in [0.15, 0.2) is 29.3 Å². The van der Waals surface area contributed by atoms with Crippen molar-refractivity contribution in [2.75, 3.05) is 33.0 Å². The maximum atomic E-state index is 16.4. The number of primary amides is 1. The molecule has 1 amide bonds. The van der Waals surface area contributed by atoms with Crippen LogP contribution in [-0.4, -0.2) is 83.8 Å². The highest BCUT2D eigenvalue weighted by molar-refractivity contribution is 6.01. The number of quaternary nitrogens is 1. The number of benzene rings is 1. The highest BCUT2D eigenvalue weighted by Crippen LogP contribution is 2.40. The van der Waals surface area contributed by atoms with Crippen LogP contribution in [-0.2, 0) is 31.9 Å². The highest BCUT2D eigenvalue weighted by atomic mass is 19.2.